The largest absolute Gasteiger partial charge is 0.481 e. The highest BCUT2D eigenvalue weighted by Crippen LogP contribution is 2.38. The first-order valence-corrected chi connectivity index (χ1v) is 15.6. The highest BCUT2D eigenvalue weighted by atomic mass is 16.4. The number of H-pyrrole nitrogens is 2. The number of aromatic nitrogens is 4. The van der Waals surface area contributed by atoms with Gasteiger partial charge in [-0.05, 0) is 112 Å². The topological polar surface area (TPSA) is 210 Å². The highest BCUT2D eigenvalue weighted by Gasteiger charge is 2.23. The Kier molecular flexibility index (Phi) is 10.7. The Bertz CT molecular complexity index is 2020. The Balaban J connectivity index is 0.00000123. The maximum atomic E-state index is 11.6. The lowest BCUT2D eigenvalue weighted by atomic mass is 9.98. The molecule has 0 saturated carbocycles. The molecule has 7 N–H and O–H groups in total. The summed E-state index contributed by atoms with van der Waals surface area (Å²) < 4.78 is 0. The van der Waals surface area contributed by atoms with Crippen molar-refractivity contribution < 1.29 is 39.9 Å². The normalized spacial score (nSPS) is 14.0. The first-order chi connectivity index (χ1) is 22.5. The molecule has 254 valence electrons. The van der Waals surface area contributed by atoms with Crippen molar-refractivity contribution in [3.8, 4) is 0 Å². The molecule has 5 rings (SSSR count). The summed E-state index contributed by atoms with van der Waals surface area (Å²) in [6, 6.07) is 7.51. The molecule has 3 aromatic heterocycles. The molecule has 2 unspecified atom stereocenters. The number of carbonyl (C=O) groups is 3. The van der Waals surface area contributed by atoms with Gasteiger partial charge in [0, 0.05) is 53.0 Å². The van der Waals surface area contributed by atoms with Gasteiger partial charge in [-0.15, -0.1) is 0 Å². The van der Waals surface area contributed by atoms with Gasteiger partial charge in [-0.25, -0.2) is 9.97 Å². The van der Waals surface area contributed by atoms with Crippen molar-refractivity contribution >= 4 is 62.3 Å². The molecule has 12 heteroatoms. The molecule has 0 aliphatic carbocycles. The van der Waals surface area contributed by atoms with E-state index in [2.05, 4.69) is 9.97 Å². The van der Waals surface area contributed by atoms with E-state index in [9.17, 15) is 30.0 Å². The van der Waals surface area contributed by atoms with Crippen LogP contribution in [0.1, 0.15) is 118 Å². The predicted molar refractivity (Wildman–Crippen MR) is 184 cm³/mol. The summed E-state index contributed by atoms with van der Waals surface area (Å²) in [5.41, 5.74) is 11.7. The Morgan fingerprint density at radius 3 is 1.35 bits per heavy atom. The van der Waals surface area contributed by atoms with Gasteiger partial charge in [-0.3, -0.25) is 14.4 Å². The van der Waals surface area contributed by atoms with E-state index in [1.807, 2.05) is 52.0 Å². The number of aliphatic carboxylic acids is 3. The zero-order valence-corrected chi connectivity index (χ0v) is 28.1. The second kappa shape index (κ2) is 14.4. The van der Waals surface area contributed by atoms with E-state index in [0.717, 1.165) is 56.9 Å². The number of nitrogens with zero attached hydrogens (tertiary/aromatic N) is 2. The van der Waals surface area contributed by atoms with Gasteiger partial charge in [-0.1, -0.05) is 0 Å². The van der Waals surface area contributed by atoms with Crippen LogP contribution >= 0.6 is 0 Å². The number of aromatic amines is 2. The summed E-state index contributed by atoms with van der Waals surface area (Å²) in [4.78, 5) is 48.8. The van der Waals surface area contributed by atoms with Gasteiger partial charge in [0.1, 0.15) is 0 Å². The minimum Gasteiger partial charge on any atom is -0.481 e. The number of hydrogen-bond donors (Lipinski definition) is 7. The third-order valence-electron chi connectivity index (χ3n) is 8.65. The molecule has 8 bridgehead atoms. The number of aryl methyl sites for hydroxylation is 2. The summed E-state index contributed by atoms with van der Waals surface area (Å²) in [6.07, 6.45) is -1.18. The van der Waals surface area contributed by atoms with Crippen LogP contribution in [0.4, 0.5) is 0 Å². The molecular weight excluding hydrogens is 616 g/mol. The molecule has 0 radical (unpaired) electrons. The van der Waals surface area contributed by atoms with Gasteiger partial charge in [0.25, 0.3) is 5.97 Å². The Morgan fingerprint density at radius 2 is 0.979 bits per heavy atom. The molecule has 0 aromatic carbocycles. The molecule has 0 spiro atoms. The molecule has 12 nitrogen and oxygen atoms in total. The Morgan fingerprint density at radius 1 is 0.625 bits per heavy atom. The SMILES string of the molecule is CC(=O)O.CC1=C(CCC(=O)O)c2cc3nc(cc4[nH]c(cc5[nH]c(cc1n2)c(C)c5C(C)O)c(C)c4C(C)O)C(C)=C3CCC(=O)O. The predicted octanol–water partition coefficient (Wildman–Crippen LogP) is 6.72. The van der Waals surface area contributed by atoms with Crippen molar-refractivity contribution in [1.82, 2.24) is 19.9 Å². The number of aliphatic hydroxyl groups is 2. The van der Waals surface area contributed by atoms with E-state index >= 15 is 0 Å². The second-order valence-corrected chi connectivity index (χ2v) is 12.2. The number of nitrogens with one attached hydrogen (secondary N) is 2. The van der Waals surface area contributed by atoms with Gasteiger partial charge in [-0.2, -0.15) is 0 Å². The van der Waals surface area contributed by atoms with Crippen LogP contribution in [0.5, 0.6) is 0 Å². The number of carboxylic acids is 3. The molecule has 0 amide bonds. The average Bonchev–Trinajstić information content (AvgIpc) is 3.63. The van der Waals surface area contributed by atoms with Crippen LogP contribution in [0.2, 0.25) is 0 Å². The van der Waals surface area contributed by atoms with Gasteiger partial charge >= 0.3 is 11.9 Å². The summed E-state index contributed by atoms with van der Waals surface area (Å²) in [6.45, 7) is 12.2. The van der Waals surface area contributed by atoms with E-state index in [4.69, 9.17) is 19.9 Å². The van der Waals surface area contributed by atoms with Gasteiger partial charge < -0.3 is 35.5 Å². The van der Waals surface area contributed by atoms with E-state index in [1.54, 1.807) is 13.8 Å². The molecule has 2 atom stereocenters. The van der Waals surface area contributed by atoms with Crippen LogP contribution in [0.3, 0.4) is 0 Å². The second-order valence-electron chi connectivity index (χ2n) is 12.2. The lowest BCUT2D eigenvalue weighted by Gasteiger charge is -2.05. The average molecular weight is 659 g/mol. The van der Waals surface area contributed by atoms with E-state index in [0.29, 0.717) is 39.4 Å². The maximum absolute atomic E-state index is 11.6. The molecule has 48 heavy (non-hydrogen) atoms. The fraction of sp³-hybridized carbons (Fsp3) is 0.361. The zero-order chi connectivity index (χ0) is 35.6. The number of hydrogen-bond acceptors (Lipinski definition) is 7. The molecule has 5 heterocycles. The van der Waals surface area contributed by atoms with Crippen molar-refractivity contribution in [2.24, 2.45) is 0 Å². The van der Waals surface area contributed by atoms with E-state index < -0.39 is 30.1 Å². The fourth-order valence-corrected chi connectivity index (χ4v) is 6.32. The summed E-state index contributed by atoms with van der Waals surface area (Å²) >= 11 is 0. The zero-order valence-electron chi connectivity index (χ0n) is 28.1. The molecule has 0 saturated heterocycles. The molecule has 3 aromatic rings. The highest BCUT2D eigenvalue weighted by molar-refractivity contribution is 5.96. The number of carboxylic acid groups (broad SMARTS) is 3. The lowest BCUT2D eigenvalue weighted by Crippen LogP contribution is -1.97. The van der Waals surface area contributed by atoms with Crippen LogP contribution in [-0.2, 0) is 14.4 Å². The first kappa shape index (κ1) is 35.8. The molecule has 2 aliphatic rings. The van der Waals surface area contributed by atoms with Crippen molar-refractivity contribution in [2.45, 2.75) is 86.4 Å². The maximum Gasteiger partial charge on any atom is 0.303 e. The Labute approximate surface area is 277 Å². The van der Waals surface area contributed by atoms with Crippen LogP contribution in [-0.4, -0.2) is 63.4 Å². The van der Waals surface area contributed by atoms with Gasteiger partial charge in [0.2, 0.25) is 0 Å². The standard InChI is InChI=1S/C34H38N4O6.C2H4O2/c1-15-21(7-9-31(41)42)27-14-28-22(8-10-32(43)44)16(2)24(36-28)12-29-34(20(6)40)18(4)26(38-29)13-30-33(19(5)39)17(3)25(37-30)11-23(15)35-27;1-2(3)4/h11-14,19-20,37-40H,7-10H2,1-6H3,(H,41,42)(H,43,44);1H3,(H,3,4). The van der Waals surface area contributed by atoms with Gasteiger partial charge in [0.15, 0.2) is 0 Å². The van der Waals surface area contributed by atoms with E-state index in [1.165, 1.54) is 0 Å². The van der Waals surface area contributed by atoms with Crippen LogP contribution in [0.15, 0.2) is 24.3 Å². The minimum absolute atomic E-state index is 0.0750. The summed E-state index contributed by atoms with van der Waals surface area (Å²) in [7, 11) is 0. The minimum atomic E-state index is -0.921. The third-order valence-corrected chi connectivity index (χ3v) is 8.65. The first-order valence-electron chi connectivity index (χ1n) is 15.6. The quantitative estimate of drug-likeness (QED) is 0.136. The van der Waals surface area contributed by atoms with Crippen LogP contribution < -0.4 is 0 Å². The van der Waals surface area contributed by atoms with Crippen molar-refractivity contribution in [1.29, 1.82) is 0 Å². The van der Waals surface area contributed by atoms with E-state index in [-0.39, 0.29) is 25.7 Å². The third kappa shape index (κ3) is 7.56. The molecular formula is C36H42N4O8. The van der Waals surface area contributed by atoms with Crippen molar-refractivity contribution in [3.05, 3.63) is 69.3 Å². The lowest BCUT2D eigenvalue weighted by molar-refractivity contribution is -0.137. The monoisotopic (exact) mass is 658 g/mol. The molecule has 2 aliphatic heterocycles. The van der Waals surface area contributed by atoms with Crippen molar-refractivity contribution in [3.63, 3.8) is 0 Å². The van der Waals surface area contributed by atoms with Crippen LogP contribution in [0, 0.1) is 13.8 Å². The number of rotatable bonds is 8. The number of allylic oxidation sites excluding steroid dienone is 4. The number of fused-ring (bicyclic) bond motifs is 8. The summed E-state index contributed by atoms with van der Waals surface area (Å²) in [5, 5.41) is 47.9. The smallest absolute Gasteiger partial charge is 0.303 e. The van der Waals surface area contributed by atoms with Gasteiger partial charge in [0.05, 0.1) is 35.0 Å². The van der Waals surface area contributed by atoms with Crippen LogP contribution in [0.25, 0.3) is 44.4 Å². The summed E-state index contributed by atoms with van der Waals surface area (Å²) in [5.74, 6) is -2.67. The molecule has 0 fully saturated rings. The Hall–Kier alpha value is -5.07. The number of aliphatic hydroxyl groups excluding tert-OH is 2. The van der Waals surface area contributed by atoms with Crippen molar-refractivity contribution in [2.75, 3.05) is 0 Å². The fourth-order valence-electron chi connectivity index (χ4n) is 6.32.